The first-order valence-corrected chi connectivity index (χ1v) is 16.4. The van der Waals surface area contributed by atoms with Gasteiger partial charge in [-0.2, -0.15) is 0 Å². The van der Waals surface area contributed by atoms with E-state index >= 15 is 0 Å². The first-order valence-electron chi connectivity index (χ1n) is 16.4. The zero-order chi connectivity index (χ0) is 30.0. The molecule has 0 unspecified atom stereocenters. The third-order valence-corrected chi connectivity index (χ3v) is 10.1. The molecule has 10 heteroatoms. The number of nitrogens with zero attached hydrogens (tertiary/aromatic N) is 4. The quantitative estimate of drug-likeness (QED) is 0.309. The van der Waals surface area contributed by atoms with Crippen LogP contribution in [0.2, 0.25) is 0 Å². The summed E-state index contributed by atoms with van der Waals surface area (Å²) in [5.41, 5.74) is 3.67. The highest BCUT2D eigenvalue weighted by molar-refractivity contribution is 5.89. The lowest BCUT2D eigenvalue weighted by Gasteiger charge is -2.41. The van der Waals surface area contributed by atoms with Gasteiger partial charge in [-0.1, -0.05) is 36.8 Å². The van der Waals surface area contributed by atoms with E-state index in [1.807, 2.05) is 58.1 Å². The van der Waals surface area contributed by atoms with Crippen LogP contribution < -0.4 is 11.0 Å². The number of fused-ring (bicyclic) bond motifs is 2. The van der Waals surface area contributed by atoms with Gasteiger partial charge in [0.15, 0.2) is 0 Å². The number of benzene rings is 2. The Morgan fingerprint density at radius 2 is 1.45 bits per heavy atom. The van der Waals surface area contributed by atoms with E-state index < -0.39 is 6.04 Å². The van der Waals surface area contributed by atoms with Crippen LogP contribution in [0.15, 0.2) is 59.5 Å². The van der Waals surface area contributed by atoms with E-state index in [1.54, 1.807) is 4.90 Å². The molecule has 3 aliphatic heterocycles. The van der Waals surface area contributed by atoms with Gasteiger partial charge < -0.3 is 30.0 Å². The molecule has 1 atom stereocenters. The fourth-order valence-electron chi connectivity index (χ4n) is 7.68. The highest BCUT2D eigenvalue weighted by Crippen LogP contribution is 2.26. The fraction of sp³-hybridized carbons (Fsp3) is 0.500. The van der Waals surface area contributed by atoms with E-state index in [1.165, 1.54) is 32.4 Å². The number of nitrogens with one attached hydrogen (secondary N) is 3. The number of likely N-dealkylation sites (tertiary alicyclic amines) is 3. The van der Waals surface area contributed by atoms with Crippen LogP contribution in [0.5, 0.6) is 0 Å². The van der Waals surface area contributed by atoms with Gasteiger partial charge in [0, 0.05) is 61.8 Å². The molecular formula is C34H43N7O3. The summed E-state index contributed by atoms with van der Waals surface area (Å²) in [7, 11) is 0. The van der Waals surface area contributed by atoms with E-state index in [0.717, 1.165) is 53.4 Å². The molecule has 0 bridgehead atoms. The number of aromatic amines is 2. The largest absolute Gasteiger partial charge is 0.361 e. The molecule has 44 heavy (non-hydrogen) atoms. The fourth-order valence-corrected chi connectivity index (χ4v) is 7.68. The van der Waals surface area contributed by atoms with Crippen molar-refractivity contribution in [2.75, 3.05) is 39.3 Å². The molecular weight excluding hydrogens is 554 g/mol. The van der Waals surface area contributed by atoms with Gasteiger partial charge in [-0.25, -0.2) is 9.59 Å². The van der Waals surface area contributed by atoms with Crippen LogP contribution >= 0.6 is 0 Å². The van der Waals surface area contributed by atoms with E-state index in [-0.39, 0.29) is 23.7 Å². The molecule has 3 amide bonds. The number of carbonyl (C=O) groups is 2. The van der Waals surface area contributed by atoms with E-state index in [2.05, 4.69) is 26.3 Å². The number of rotatable bonds is 6. The maximum absolute atomic E-state index is 14.1. The Bertz CT molecular complexity index is 1670. The van der Waals surface area contributed by atoms with Crippen molar-refractivity contribution >= 4 is 33.9 Å². The molecule has 3 aliphatic rings. The van der Waals surface area contributed by atoms with E-state index in [4.69, 9.17) is 0 Å². The van der Waals surface area contributed by atoms with Crippen LogP contribution in [0.1, 0.15) is 56.6 Å². The van der Waals surface area contributed by atoms with Crippen molar-refractivity contribution in [1.29, 1.82) is 0 Å². The van der Waals surface area contributed by atoms with Crippen molar-refractivity contribution in [1.82, 2.24) is 34.6 Å². The number of urea groups is 1. The Balaban J connectivity index is 1.03. The van der Waals surface area contributed by atoms with Gasteiger partial charge in [-0.3, -0.25) is 9.36 Å². The van der Waals surface area contributed by atoms with Crippen molar-refractivity contribution in [3.63, 3.8) is 0 Å². The van der Waals surface area contributed by atoms with Gasteiger partial charge in [0.1, 0.15) is 6.04 Å². The third kappa shape index (κ3) is 5.75. The Morgan fingerprint density at radius 3 is 2.23 bits per heavy atom. The minimum atomic E-state index is -0.651. The van der Waals surface area contributed by atoms with Crippen molar-refractivity contribution in [3.05, 3.63) is 70.8 Å². The summed E-state index contributed by atoms with van der Waals surface area (Å²) in [6.45, 7) is 4.85. The molecule has 0 aliphatic carbocycles. The van der Waals surface area contributed by atoms with Crippen LogP contribution in [0.3, 0.4) is 0 Å². The normalized spacial score (nSPS) is 19.9. The van der Waals surface area contributed by atoms with Gasteiger partial charge in [-0.05, 0) is 75.4 Å². The predicted molar refractivity (Wildman–Crippen MR) is 172 cm³/mol. The number of hydrogen-bond donors (Lipinski definition) is 3. The molecule has 7 rings (SSSR count). The lowest BCUT2D eigenvalue weighted by atomic mass is 9.98. The smallest absolute Gasteiger partial charge is 0.326 e. The summed E-state index contributed by atoms with van der Waals surface area (Å²) in [5, 5.41) is 4.23. The summed E-state index contributed by atoms with van der Waals surface area (Å²) >= 11 is 0. The molecule has 10 nitrogen and oxygen atoms in total. The lowest BCUT2D eigenvalue weighted by Crippen LogP contribution is -2.56. The maximum Gasteiger partial charge on any atom is 0.326 e. The molecule has 2 aromatic heterocycles. The molecule has 0 spiro atoms. The average Bonchev–Trinajstić information content (AvgIpc) is 3.64. The van der Waals surface area contributed by atoms with Crippen LogP contribution in [0.25, 0.3) is 21.9 Å². The topological polar surface area (TPSA) is 109 Å². The molecule has 232 valence electrons. The van der Waals surface area contributed by atoms with Crippen LogP contribution in [0.4, 0.5) is 4.79 Å². The molecule has 0 saturated carbocycles. The first kappa shape index (κ1) is 28.7. The van der Waals surface area contributed by atoms with Crippen molar-refractivity contribution in [2.24, 2.45) is 0 Å². The number of piperidine rings is 3. The van der Waals surface area contributed by atoms with Gasteiger partial charge >= 0.3 is 11.7 Å². The molecule has 3 N–H and O–H groups in total. The second-order valence-electron chi connectivity index (χ2n) is 12.8. The zero-order valence-electron chi connectivity index (χ0n) is 25.3. The minimum absolute atomic E-state index is 0.000885. The zero-order valence-corrected chi connectivity index (χ0v) is 25.3. The van der Waals surface area contributed by atoms with E-state index in [9.17, 15) is 14.4 Å². The average molecular weight is 598 g/mol. The second kappa shape index (κ2) is 12.5. The number of para-hydroxylation sites is 3. The Hall–Kier alpha value is -4.05. The van der Waals surface area contributed by atoms with Gasteiger partial charge in [-0.15, -0.1) is 0 Å². The van der Waals surface area contributed by atoms with Crippen LogP contribution in [-0.4, -0.2) is 92.5 Å². The minimum Gasteiger partial charge on any atom is -0.361 e. The third-order valence-electron chi connectivity index (χ3n) is 10.1. The molecule has 4 aromatic rings. The van der Waals surface area contributed by atoms with E-state index in [0.29, 0.717) is 38.4 Å². The molecule has 2 aromatic carbocycles. The summed E-state index contributed by atoms with van der Waals surface area (Å²) in [6.07, 6.45) is 9.59. The number of imidazole rings is 1. The molecule has 3 fully saturated rings. The highest BCUT2D eigenvalue weighted by Gasteiger charge is 2.34. The number of aromatic nitrogens is 3. The van der Waals surface area contributed by atoms with Crippen molar-refractivity contribution in [2.45, 2.75) is 69.5 Å². The molecule has 5 heterocycles. The van der Waals surface area contributed by atoms with Gasteiger partial charge in [0.2, 0.25) is 5.91 Å². The number of H-pyrrole nitrogens is 2. The molecule has 0 radical (unpaired) electrons. The maximum atomic E-state index is 14.1. The Morgan fingerprint density at radius 1 is 0.795 bits per heavy atom. The second-order valence-corrected chi connectivity index (χ2v) is 12.8. The van der Waals surface area contributed by atoms with Crippen molar-refractivity contribution in [3.8, 4) is 0 Å². The number of amides is 3. The Labute approximate surface area is 257 Å². The van der Waals surface area contributed by atoms with Gasteiger partial charge in [0.25, 0.3) is 0 Å². The summed E-state index contributed by atoms with van der Waals surface area (Å²) < 4.78 is 1.83. The van der Waals surface area contributed by atoms with Crippen LogP contribution in [0, 0.1) is 0 Å². The monoisotopic (exact) mass is 597 g/mol. The summed E-state index contributed by atoms with van der Waals surface area (Å²) in [4.78, 5) is 53.1. The number of hydrogen-bond acceptors (Lipinski definition) is 4. The van der Waals surface area contributed by atoms with Gasteiger partial charge in [0.05, 0.1) is 11.0 Å². The predicted octanol–water partition coefficient (Wildman–Crippen LogP) is 4.25. The summed E-state index contributed by atoms with van der Waals surface area (Å²) in [6, 6.07) is 15.5. The number of carbonyl (C=O) groups excluding carboxylic acids is 2. The first-order chi connectivity index (χ1) is 21.5. The SMILES string of the molecule is O=C(N[C@H](Cc1c[nH]c2ccccc12)C(=O)N1CCC(N2CCCCC2)CC1)N1CCC(n2c(=O)[nH]c3ccccc32)CC1. The lowest BCUT2D eigenvalue weighted by molar-refractivity contribution is -0.134. The summed E-state index contributed by atoms with van der Waals surface area (Å²) in [5.74, 6) is 0.000885. The highest BCUT2D eigenvalue weighted by atomic mass is 16.2. The standard InChI is InChI=1S/C34H43N7O3/c42-32(39-18-12-25(13-19-39)38-16-6-1-7-17-38)30(22-24-23-35-28-9-3-2-8-27(24)28)37-33(43)40-20-14-26(15-21-40)41-31-11-5-4-10-29(31)36-34(41)44/h2-5,8-11,23,25-26,30,35H,1,6-7,12-22H2,(H,36,44)(H,37,43)/t30-/m1/s1. The Kier molecular flexibility index (Phi) is 8.16. The van der Waals surface area contributed by atoms with Crippen LogP contribution in [-0.2, 0) is 11.2 Å². The molecule has 3 saturated heterocycles. The van der Waals surface area contributed by atoms with Crippen molar-refractivity contribution < 1.29 is 9.59 Å².